The Morgan fingerprint density at radius 1 is 1.50 bits per heavy atom. The van der Waals surface area contributed by atoms with Crippen molar-refractivity contribution in [2.75, 3.05) is 13.1 Å². The van der Waals surface area contributed by atoms with E-state index in [1.54, 1.807) is 10.5 Å². The first-order valence-corrected chi connectivity index (χ1v) is 8.70. The molecule has 1 heterocycles. The molecular formula is C13H24N4O2S. The van der Waals surface area contributed by atoms with E-state index in [2.05, 4.69) is 11.9 Å². The molecule has 0 amide bonds. The van der Waals surface area contributed by atoms with Crippen molar-refractivity contribution in [2.45, 2.75) is 57.1 Å². The van der Waals surface area contributed by atoms with Gasteiger partial charge in [-0.3, -0.25) is 0 Å². The minimum Gasteiger partial charge on any atom is -0.334 e. The summed E-state index contributed by atoms with van der Waals surface area (Å²) in [5.41, 5.74) is 5.51. The first kappa shape index (κ1) is 15.5. The van der Waals surface area contributed by atoms with Gasteiger partial charge in [-0.2, -0.15) is 4.31 Å². The second-order valence-electron chi connectivity index (χ2n) is 5.31. The molecule has 6 nitrogen and oxygen atoms in total. The Bertz CT molecular complexity index is 549. The zero-order valence-corrected chi connectivity index (χ0v) is 13.1. The van der Waals surface area contributed by atoms with Crippen molar-refractivity contribution in [1.82, 2.24) is 13.9 Å². The first-order chi connectivity index (χ1) is 9.50. The van der Waals surface area contributed by atoms with Crippen LogP contribution in [-0.2, 0) is 16.6 Å². The van der Waals surface area contributed by atoms with Crippen molar-refractivity contribution in [1.29, 1.82) is 0 Å². The van der Waals surface area contributed by atoms with E-state index in [1.807, 2.05) is 11.5 Å². The highest BCUT2D eigenvalue weighted by Crippen LogP contribution is 2.31. The summed E-state index contributed by atoms with van der Waals surface area (Å²) < 4.78 is 28.9. The number of sulfonamides is 1. The number of hydrogen-bond donors (Lipinski definition) is 1. The fourth-order valence-corrected chi connectivity index (χ4v) is 4.02. The number of aromatic nitrogens is 2. The molecule has 0 aliphatic heterocycles. The minimum absolute atomic E-state index is 0.142. The fraction of sp³-hybridized carbons (Fsp3) is 0.769. The quantitative estimate of drug-likeness (QED) is 0.779. The Kier molecular flexibility index (Phi) is 4.82. The molecule has 1 aromatic rings. The number of rotatable bonds is 8. The van der Waals surface area contributed by atoms with Crippen LogP contribution in [0.15, 0.2) is 11.2 Å². The highest BCUT2D eigenvalue weighted by atomic mass is 32.2. The molecule has 1 saturated carbocycles. The van der Waals surface area contributed by atoms with E-state index in [9.17, 15) is 8.42 Å². The summed E-state index contributed by atoms with van der Waals surface area (Å²) in [6.45, 7) is 5.69. The highest BCUT2D eigenvalue weighted by Gasteiger charge is 2.38. The molecule has 2 N–H and O–H groups in total. The van der Waals surface area contributed by atoms with Crippen molar-refractivity contribution in [3.05, 3.63) is 12.0 Å². The maximum atomic E-state index is 12.7. The van der Waals surface area contributed by atoms with Crippen LogP contribution in [0.1, 0.15) is 38.4 Å². The molecule has 114 valence electrons. The van der Waals surface area contributed by atoms with Crippen LogP contribution in [0.4, 0.5) is 0 Å². The number of nitrogens with two attached hydrogens (primary N) is 1. The van der Waals surface area contributed by atoms with Gasteiger partial charge in [0.05, 0.1) is 0 Å². The molecule has 0 aromatic carbocycles. The third kappa shape index (κ3) is 3.21. The zero-order valence-electron chi connectivity index (χ0n) is 12.2. The van der Waals surface area contributed by atoms with Gasteiger partial charge < -0.3 is 10.3 Å². The number of nitrogens with zero attached hydrogens (tertiary/aromatic N) is 3. The van der Waals surface area contributed by atoms with E-state index < -0.39 is 10.0 Å². The molecule has 0 saturated heterocycles. The topological polar surface area (TPSA) is 81.2 Å². The van der Waals surface area contributed by atoms with Crippen LogP contribution >= 0.6 is 0 Å². The predicted molar refractivity (Wildman–Crippen MR) is 77.8 cm³/mol. The lowest BCUT2D eigenvalue weighted by atomic mass is 10.4. The van der Waals surface area contributed by atoms with Crippen LogP contribution in [0, 0.1) is 6.92 Å². The van der Waals surface area contributed by atoms with Gasteiger partial charge in [-0.15, -0.1) is 0 Å². The Morgan fingerprint density at radius 2 is 2.20 bits per heavy atom. The third-order valence-corrected chi connectivity index (χ3v) is 5.35. The van der Waals surface area contributed by atoms with Crippen LogP contribution in [0.2, 0.25) is 0 Å². The van der Waals surface area contributed by atoms with Crippen molar-refractivity contribution < 1.29 is 8.42 Å². The normalized spacial score (nSPS) is 16.0. The number of imidazole rings is 1. The summed E-state index contributed by atoms with van der Waals surface area (Å²) >= 11 is 0. The highest BCUT2D eigenvalue weighted by molar-refractivity contribution is 7.89. The molecule has 1 fully saturated rings. The average Bonchev–Trinajstić information content (AvgIpc) is 3.15. The van der Waals surface area contributed by atoms with Crippen LogP contribution in [0.25, 0.3) is 0 Å². The first-order valence-electron chi connectivity index (χ1n) is 7.26. The lowest BCUT2D eigenvalue weighted by molar-refractivity contribution is 0.397. The molecule has 0 spiro atoms. The Labute approximate surface area is 121 Å². The zero-order chi connectivity index (χ0) is 14.8. The molecule has 0 bridgehead atoms. The SMILES string of the molecule is CCCn1cc(S(=O)(=O)N(CCCN)C2CC2)nc1C. The average molecular weight is 300 g/mol. The molecule has 1 aliphatic rings. The van der Waals surface area contributed by atoms with E-state index in [0.29, 0.717) is 19.5 Å². The van der Waals surface area contributed by atoms with Gasteiger partial charge in [-0.05, 0) is 39.2 Å². The van der Waals surface area contributed by atoms with Gasteiger partial charge >= 0.3 is 0 Å². The van der Waals surface area contributed by atoms with Gasteiger partial charge in [0, 0.05) is 25.3 Å². The van der Waals surface area contributed by atoms with Crippen molar-refractivity contribution >= 4 is 10.0 Å². The lowest BCUT2D eigenvalue weighted by Crippen LogP contribution is -2.35. The Morgan fingerprint density at radius 3 is 2.75 bits per heavy atom. The third-order valence-electron chi connectivity index (χ3n) is 3.53. The van der Waals surface area contributed by atoms with Crippen LogP contribution in [0.3, 0.4) is 0 Å². The van der Waals surface area contributed by atoms with E-state index in [0.717, 1.165) is 31.6 Å². The molecule has 0 atom stereocenters. The van der Waals surface area contributed by atoms with Crippen molar-refractivity contribution in [2.24, 2.45) is 5.73 Å². The fourth-order valence-electron chi connectivity index (χ4n) is 2.30. The molecule has 20 heavy (non-hydrogen) atoms. The van der Waals surface area contributed by atoms with Crippen LogP contribution in [0.5, 0.6) is 0 Å². The summed E-state index contributed by atoms with van der Waals surface area (Å²) in [7, 11) is -3.48. The smallest absolute Gasteiger partial charge is 0.262 e. The van der Waals surface area contributed by atoms with Gasteiger partial charge in [0.15, 0.2) is 5.03 Å². The largest absolute Gasteiger partial charge is 0.334 e. The minimum atomic E-state index is -3.48. The summed E-state index contributed by atoms with van der Waals surface area (Å²) in [5.74, 6) is 0.750. The van der Waals surface area contributed by atoms with Gasteiger partial charge in [0.1, 0.15) is 5.82 Å². The molecule has 0 radical (unpaired) electrons. The molecule has 7 heteroatoms. The Balaban J connectivity index is 2.25. The number of aryl methyl sites for hydroxylation is 2. The second-order valence-corrected chi connectivity index (χ2v) is 7.15. The monoisotopic (exact) mass is 300 g/mol. The van der Waals surface area contributed by atoms with Gasteiger partial charge in [0.25, 0.3) is 10.0 Å². The summed E-state index contributed by atoms with van der Waals surface area (Å²) in [5, 5.41) is 0.173. The maximum Gasteiger partial charge on any atom is 0.262 e. The molecule has 1 aliphatic carbocycles. The van der Waals surface area contributed by atoms with E-state index in [4.69, 9.17) is 5.73 Å². The number of hydrogen-bond acceptors (Lipinski definition) is 4. The van der Waals surface area contributed by atoms with E-state index in [-0.39, 0.29) is 11.1 Å². The summed E-state index contributed by atoms with van der Waals surface area (Å²) in [4.78, 5) is 4.24. The molecule has 2 rings (SSSR count). The van der Waals surface area contributed by atoms with Crippen LogP contribution < -0.4 is 5.73 Å². The molecule has 0 unspecified atom stereocenters. The second kappa shape index (κ2) is 6.24. The standard InChI is InChI=1S/C13H24N4O2S/c1-3-8-16-10-13(15-11(16)2)20(18,19)17(9-4-7-14)12-5-6-12/h10,12H,3-9,14H2,1-2H3. The van der Waals surface area contributed by atoms with E-state index >= 15 is 0 Å². The van der Waals surface area contributed by atoms with Gasteiger partial charge in [0.2, 0.25) is 0 Å². The summed E-state index contributed by atoms with van der Waals surface area (Å²) in [6.07, 6.45) is 5.18. The molecule has 1 aromatic heterocycles. The van der Waals surface area contributed by atoms with Crippen molar-refractivity contribution in [3.63, 3.8) is 0 Å². The van der Waals surface area contributed by atoms with Crippen LogP contribution in [-0.4, -0.2) is 41.4 Å². The van der Waals surface area contributed by atoms with Crippen molar-refractivity contribution in [3.8, 4) is 0 Å². The maximum absolute atomic E-state index is 12.7. The van der Waals surface area contributed by atoms with Gasteiger partial charge in [-0.25, -0.2) is 13.4 Å². The van der Waals surface area contributed by atoms with E-state index in [1.165, 1.54) is 0 Å². The molecular weight excluding hydrogens is 276 g/mol. The lowest BCUT2D eigenvalue weighted by Gasteiger charge is -2.20. The van der Waals surface area contributed by atoms with Gasteiger partial charge in [-0.1, -0.05) is 6.92 Å². The Hall–Kier alpha value is -0.920. The summed E-state index contributed by atoms with van der Waals surface area (Å²) in [6, 6.07) is 0.142. The predicted octanol–water partition coefficient (Wildman–Crippen LogP) is 1.10.